The molecule has 1 aromatic carbocycles. The van der Waals surface area contributed by atoms with Crippen molar-refractivity contribution in [3.8, 4) is 0 Å². The molecule has 1 aromatic rings. The molecule has 1 saturated heterocycles. The summed E-state index contributed by atoms with van der Waals surface area (Å²) in [6.45, 7) is 6.25. The maximum Gasteiger partial charge on any atom is 0.260 e. The molecule has 0 aromatic heterocycles. The van der Waals surface area contributed by atoms with E-state index in [1.807, 2.05) is 18.2 Å². The van der Waals surface area contributed by atoms with Gasteiger partial charge in [0.15, 0.2) is 0 Å². The Hall–Kier alpha value is -1.40. The molecule has 0 N–H and O–H groups in total. The van der Waals surface area contributed by atoms with Crippen molar-refractivity contribution < 1.29 is 9.59 Å². The predicted octanol–water partition coefficient (Wildman–Crippen LogP) is 3.57. The van der Waals surface area contributed by atoms with E-state index in [1.54, 1.807) is 12.1 Å². The Morgan fingerprint density at radius 1 is 1.25 bits per heavy atom. The normalized spacial score (nSPS) is 18.2. The summed E-state index contributed by atoms with van der Waals surface area (Å²) in [7, 11) is 0. The summed E-state index contributed by atoms with van der Waals surface area (Å²) in [6, 6.07) is 9.00. The number of imide groups is 1. The quantitative estimate of drug-likeness (QED) is 0.603. The first-order chi connectivity index (χ1) is 11.6. The minimum absolute atomic E-state index is 0.110. The first kappa shape index (κ1) is 18.9. The van der Waals surface area contributed by atoms with E-state index in [9.17, 15) is 9.59 Å². The van der Waals surface area contributed by atoms with Crippen molar-refractivity contribution in [2.24, 2.45) is 0 Å². The Morgan fingerprint density at radius 2 is 1.92 bits per heavy atom. The molecule has 1 atom stereocenters. The number of nitrogens with zero attached hydrogens (tertiary/aromatic N) is 2. The Kier molecular flexibility index (Phi) is 7.24. The zero-order valence-corrected chi connectivity index (χ0v) is 15.9. The number of likely N-dealkylation sites (tertiary alicyclic amines) is 1. The number of carbonyl (C=O) groups is 2. The van der Waals surface area contributed by atoms with Gasteiger partial charge in [0.1, 0.15) is 4.32 Å². The monoisotopic (exact) mass is 364 g/mol. The molecule has 0 aliphatic carbocycles. The molecule has 6 heteroatoms. The van der Waals surface area contributed by atoms with E-state index in [0.29, 0.717) is 12.1 Å². The van der Waals surface area contributed by atoms with Crippen molar-refractivity contribution in [3.63, 3.8) is 0 Å². The van der Waals surface area contributed by atoms with Crippen LogP contribution in [0.2, 0.25) is 0 Å². The zero-order chi connectivity index (χ0) is 17.5. The van der Waals surface area contributed by atoms with E-state index in [0.717, 1.165) is 36.7 Å². The van der Waals surface area contributed by atoms with Gasteiger partial charge in [0.2, 0.25) is 5.91 Å². The number of amides is 2. The number of thioether (sulfide) groups is 1. The Balaban J connectivity index is 2.12. The zero-order valence-electron chi connectivity index (χ0n) is 14.2. The molecule has 2 rings (SSSR count). The Labute approximate surface area is 153 Å². The number of carbonyl (C=O) groups excluding carboxylic acids is 2. The molecule has 0 spiro atoms. The SMILES string of the molecule is CCN(CC)C(=S)S[C@@H]1CCCCN(C(=O)c2ccccc2)C1=O. The van der Waals surface area contributed by atoms with Gasteiger partial charge in [0.25, 0.3) is 5.91 Å². The molecule has 1 heterocycles. The van der Waals surface area contributed by atoms with Gasteiger partial charge >= 0.3 is 0 Å². The van der Waals surface area contributed by atoms with Crippen LogP contribution in [-0.2, 0) is 4.79 Å². The lowest BCUT2D eigenvalue weighted by molar-refractivity contribution is -0.127. The highest BCUT2D eigenvalue weighted by Gasteiger charge is 2.33. The first-order valence-corrected chi connectivity index (χ1v) is 9.73. The molecular formula is C18H24N2O2S2. The van der Waals surface area contributed by atoms with Crippen LogP contribution in [0.3, 0.4) is 0 Å². The lowest BCUT2D eigenvalue weighted by Crippen LogP contribution is -2.42. The van der Waals surface area contributed by atoms with Gasteiger partial charge in [-0.1, -0.05) is 48.6 Å². The fraction of sp³-hybridized carbons (Fsp3) is 0.500. The van der Waals surface area contributed by atoms with Gasteiger partial charge in [0.05, 0.1) is 5.25 Å². The van der Waals surface area contributed by atoms with E-state index in [1.165, 1.54) is 16.7 Å². The maximum absolute atomic E-state index is 12.9. The third-order valence-corrected chi connectivity index (χ3v) is 5.90. The topological polar surface area (TPSA) is 40.6 Å². The number of thiocarbonyl (C=S) groups is 1. The highest BCUT2D eigenvalue weighted by Crippen LogP contribution is 2.27. The summed E-state index contributed by atoms with van der Waals surface area (Å²) in [5.41, 5.74) is 0.558. The average Bonchev–Trinajstić information content (AvgIpc) is 2.78. The molecular weight excluding hydrogens is 340 g/mol. The summed E-state index contributed by atoms with van der Waals surface area (Å²) in [5.74, 6) is -0.317. The van der Waals surface area contributed by atoms with Gasteiger partial charge in [-0.2, -0.15) is 0 Å². The molecule has 1 aliphatic heterocycles. The van der Waals surface area contributed by atoms with Gasteiger partial charge < -0.3 is 4.90 Å². The van der Waals surface area contributed by atoms with Crippen molar-refractivity contribution in [3.05, 3.63) is 35.9 Å². The summed E-state index contributed by atoms with van der Waals surface area (Å²) in [5, 5.41) is -0.270. The number of rotatable bonds is 4. The van der Waals surface area contributed by atoms with E-state index in [4.69, 9.17) is 12.2 Å². The van der Waals surface area contributed by atoms with Gasteiger partial charge in [-0.05, 0) is 38.8 Å². The van der Waals surface area contributed by atoms with E-state index in [2.05, 4.69) is 18.7 Å². The van der Waals surface area contributed by atoms with Gasteiger partial charge in [-0.15, -0.1) is 0 Å². The van der Waals surface area contributed by atoms with Gasteiger partial charge in [-0.3, -0.25) is 14.5 Å². The second-order valence-electron chi connectivity index (χ2n) is 5.70. The van der Waals surface area contributed by atoms with E-state index >= 15 is 0 Å². The smallest absolute Gasteiger partial charge is 0.260 e. The molecule has 1 fully saturated rings. The first-order valence-electron chi connectivity index (χ1n) is 8.44. The van der Waals surface area contributed by atoms with Crippen molar-refractivity contribution >= 4 is 40.1 Å². The summed E-state index contributed by atoms with van der Waals surface area (Å²) in [4.78, 5) is 29.1. The molecule has 0 radical (unpaired) electrons. The summed E-state index contributed by atoms with van der Waals surface area (Å²) in [6.07, 6.45) is 2.55. The van der Waals surface area contributed by atoms with Crippen LogP contribution in [0, 0.1) is 0 Å². The molecule has 0 saturated carbocycles. The Bertz CT molecular complexity index is 588. The van der Waals surface area contributed by atoms with Crippen LogP contribution < -0.4 is 0 Å². The molecule has 1 aliphatic rings. The second-order valence-corrected chi connectivity index (χ2v) is 7.54. The summed E-state index contributed by atoms with van der Waals surface area (Å²) >= 11 is 6.91. The van der Waals surface area contributed by atoms with Crippen LogP contribution in [0.4, 0.5) is 0 Å². The van der Waals surface area contributed by atoms with Crippen LogP contribution in [0.1, 0.15) is 43.5 Å². The van der Waals surface area contributed by atoms with Gasteiger partial charge in [-0.25, -0.2) is 0 Å². The third-order valence-electron chi connectivity index (χ3n) is 4.17. The van der Waals surface area contributed by atoms with Crippen LogP contribution in [-0.4, -0.2) is 50.8 Å². The van der Waals surface area contributed by atoms with Crippen LogP contribution >= 0.6 is 24.0 Å². The number of hydrogen-bond acceptors (Lipinski definition) is 4. The highest BCUT2D eigenvalue weighted by molar-refractivity contribution is 8.23. The van der Waals surface area contributed by atoms with Crippen LogP contribution in [0.25, 0.3) is 0 Å². The minimum atomic E-state index is -0.270. The van der Waals surface area contributed by atoms with Crippen LogP contribution in [0.15, 0.2) is 30.3 Å². The standard InChI is InChI=1S/C18H24N2O2S2/c1-3-19(4-2)18(23)24-15-12-8-9-13-20(17(15)22)16(21)14-10-6-5-7-11-14/h5-7,10-11,15H,3-4,8-9,12-13H2,1-2H3/t15-/m1/s1. The lowest BCUT2D eigenvalue weighted by atomic mass is 10.2. The number of hydrogen-bond donors (Lipinski definition) is 0. The summed E-state index contributed by atoms with van der Waals surface area (Å²) < 4.78 is 0.743. The maximum atomic E-state index is 12.9. The van der Waals surface area contributed by atoms with Gasteiger partial charge in [0, 0.05) is 25.2 Å². The fourth-order valence-electron chi connectivity index (χ4n) is 2.73. The highest BCUT2D eigenvalue weighted by atomic mass is 32.2. The predicted molar refractivity (Wildman–Crippen MR) is 103 cm³/mol. The van der Waals surface area contributed by atoms with Crippen molar-refractivity contribution in [2.75, 3.05) is 19.6 Å². The average molecular weight is 365 g/mol. The number of benzene rings is 1. The van der Waals surface area contributed by atoms with E-state index in [-0.39, 0.29) is 17.1 Å². The fourth-order valence-corrected chi connectivity index (χ4v) is 4.50. The van der Waals surface area contributed by atoms with E-state index < -0.39 is 0 Å². The molecule has 24 heavy (non-hydrogen) atoms. The largest absolute Gasteiger partial charge is 0.358 e. The molecule has 0 unspecified atom stereocenters. The second kappa shape index (κ2) is 9.18. The van der Waals surface area contributed by atoms with Crippen molar-refractivity contribution in [1.82, 2.24) is 9.80 Å². The van der Waals surface area contributed by atoms with Crippen LogP contribution in [0.5, 0.6) is 0 Å². The molecule has 2 amide bonds. The third kappa shape index (κ3) is 4.57. The molecule has 0 bridgehead atoms. The Morgan fingerprint density at radius 3 is 2.54 bits per heavy atom. The molecule has 4 nitrogen and oxygen atoms in total. The van der Waals surface area contributed by atoms with Crippen molar-refractivity contribution in [2.45, 2.75) is 38.4 Å². The van der Waals surface area contributed by atoms with Crippen molar-refractivity contribution in [1.29, 1.82) is 0 Å². The lowest BCUT2D eigenvalue weighted by Gasteiger charge is -2.26. The minimum Gasteiger partial charge on any atom is -0.358 e. The molecule has 130 valence electrons.